The fourth-order valence-electron chi connectivity index (χ4n) is 1.89. The van der Waals surface area contributed by atoms with Crippen molar-refractivity contribution in [3.8, 4) is 0 Å². The predicted octanol–water partition coefficient (Wildman–Crippen LogP) is 3.69. The van der Waals surface area contributed by atoms with Gasteiger partial charge in [0, 0.05) is 22.9 Å². The fourth-order valence-corrected chi connectivity index (χ4v) is 2.08. The Morgan fingerprint density at radius 2 is 2.09 bits per heavy atom. The van der Waals surface area contributed by atoms with Gasteiger partial charge in [0.1, 0.15) is 0 Å². The van der Waals surface area contributed by atoms with E-state index in [4.69, 9.17) is 11.6 Å². The van der Waals surface area contributed by atoms with E-state index in [0.29, 0.717) is 16.4 Å². The molecule has 0 aliphatic heterocycles. The Kier molecular flexibility index (Phi) is 5.15. The number of alkyl halides is 3. The van der Waals surface area contributed by atoms with Crippen LogP contribution in [0, 0.1) is 6.92 Å². The molecule has 0 aliphatic rings. The number of anilines is 1. The van der Waals surface area contributed by atoms with Crippen molar-refractivity contribution in [1.82, 2.24) is 15.1 Å². The fraction of sp³-hybridized carbons (Fsp3) is 0.286. The summed E-state index contributed by atoms with van der Waals surface area (Å²) < 4.78 is 38.8. The number of hydrogen-bond donors (Lipinski definition) is 2. The quantitative estimate of drug-likeness (QED) is 0.887. The third kappa shape index (κ3) is 4.88. The molecule has 5 nitrogen and oxygen atoms in total. The highest BCUT2D eigenvalue weighted by Gasteiger charge is 2.34. The maximum absolute atomic E-state index is 12.5. The molecule has 124 valence electrons. The normalized spacial score (nSPS) is 11.3. The minimum absolute atomic E-state index is 0.130. The van der Waals surface area contributed by atoms with Crippen LogP contribution < -0.4 is 10.6 Å². The third-order valence-corrected chi connectivity index (χ3v) is 3.20. The Morgan fingerprint density at radius 1 is 1.35 bits per heavy atom. The number of rotatable bonds is 4. The highest BCUT2D eigenvalue weighted by molar-refractivity contribution is 6.30. The standard InChI is InChI=1S/C14H14ClF3N4O/c1-9-7-12(14(16,17)18)21-22(9)6-5-19-13(23)20-11-4-2-3-10(15)8-11/h2-4,7-8H,5-6H2,1H3,(H2,19,20,23). The molecule has 2 amide bonds. The molecular formula is C14H14ClF3N4O. The first-order valence-corrected chi connectivity index (χ1v) is 7.05. The van der Waals surface area contributed by atoms with Gasteiger partial charge < -0.3 is 10.6 Å². The molecule has 0 saturated carbocycles. The lowest BCUT2D eigenvalue weighted by Crippen LogP contribution is -2.31. The van der Waals surface area contributed by atoms with E-state index in [0.717, 1.165) is 6.07 Å². The van der Waals surface area contributed by atoms with Crippen molar-refractivity contribution in [3.05, 3.63) is 46.7 Å². The zero-order valence-corrected chi connectivity index (χ0v) is 12.9. The van der Waals surface area contributed by atoms with Crippen LogP contribution in [0.25, 0.3) is 0 Å². The summed E-state index contributed by atoms with van der Waals surface area (Å²) in [6, 6.07) is 7.08. The Labute approximate surface area is 135 Å². The minimum Gasteiger partial charge on any atom is -0.336 e. The van der Waals surface area contributed by atoms with Crippen molar-refractivity contribution in [2.75, 3.05) is 11.9 Å². The molecule has 9 heteroatoms. The van der Waals surface area contributed by atoms with Gasteiger partial charge in [-0.3, -0.25) is 4.68 Å². The number of nitrogens with one attached hydrogen (secondary N) is 2. The number of aryl methyl sites for hydroxylation is 1. The van der Waals surface area contributed by atoms with Gasteiger partial charge >= 0.3 is 12.2 Å². The van der Waals surface area contributed by atoms with Crippen LogP contribution in [0.1, 0.15) is 11.4 Å². The number of halogens is 4. The molecule has 1 heterocycles. The topological polar surface area (TPSA) is 59.0 Å². The number of nitrogens with zero attached hydrogens (tertiary/aromatic N) is 2. The molecule has 0 fully saturated rings. The van der Waals surface area contributed by atoms with Crippen LogP contribution in [-0.2, 0) is 12.7 Å². The molecule has 0 atom stereocenters. The summed E-state index contributed by atoms with van der Waals surface area (Å²) in [5, 5.41) is 9.07. The number of benzene rings is 1. The maximum atomic E-state index is 12.5. The molecule has 2 aromatic rings. The van der Waals surface area contributed by atoms with E-state index >= 15 is 0 Å². The summed E-state index contributed by atoms with van der Waals surface area (Å²) in [7, 11) is 0. The summed E-state index contributed by atoms with van der Waals surface area (Å²) in [5.74, 6) is 0. The van der Waals surface area contributed by atoms with Gasteiger partial charge in [-0.15, -0.1) is 0 Å². The Hall–Kier alpha value is -2.22. The summed E-state index contributed by atoms with van der Waals surface area (Å²) in [5.41, 5.74) is -0.0580. The molecule has 0 saturated heterocycles. The summed E-state index contributed by atoms with van der Waals surface area (Å²) in [4.78, 5) is 11.7. The second-order valence-corrected chi connectivity index (χ2v) is 5.22. The number of carbonyl (C=O) groups is 1. The minimum atomic E-state index is -4.48. The van der Waals surface area contributed by atoms with Crippen molar-refractivity contribution in [2.24, 2.45) is 0 Å². The largest absolute Gasteiger partial charge is 0.435 e. The molecule has 2 rings (SSSR count). The Morgan fingerprint density at radius 3 is 2.70 bits per heavy atom. The zero-order chi connectivity index (χ0) is 17.0. The smallest absolute Gasteiger partial charge is 0.336 e. The van der Waals surface area contributed by atoms with Crippen molar-refractivity contribution >= 4 is 23.3 Å². The first-order valence-electron chi connectivity index (χ1n) is 6.68. The summed E-state index contributed by atoms with van der Waals surface area (Å²) in [6.45, 7) is 1.78. The average Bonchev–Trinajstić information content (AvgIpc) is 2.80. The van der Waals surface area contributed by atoms with Gasteiger partial charge in [0.2, 0.25) is 0 Å². The van der Waals surface area contributed by atoms with Crippen LogP contribution in [0.4, 0.5) is 23.7 Å². The summed E-state index contributed by atoms with van der Waals surface area (Å²) in [6.07, 6.45) is -4.48. The van der Waals surface area contributed by atoms with Crippen LogP contribution in [0.2, 0.25) is 5.02 Å². The Bertz CT molecular complexity index is 700. The van der Waals surface area contributed by atoms with Crippen LogP contribution in [-0.4, -0.2) is 22.4 Å². The van der Waals surface area contributed by atoms with Gasteiger partial charge in [-0.2, -0.15) is 18.3 Å². The van der Waals surface area contributed by atoms with Gasteiger partial charge in [0.05, 0.1) is 6.54 Å². The lowest BCUT2D eigenvalue weighted by Gasteiger charge is -2.09. The monoisotopic (exact) mass is 346 g/mol. The molecule has 0 spiro atoms. The van der Waals surface area contributed by atoms with Crippen molar-refractivity contribution < 1.29 is 18.0 Å². The van der Waals surface area contributed by atoms with Crippen LogP contribution >= 0.6 is 11.6 Å². The SMILES string of the molecule is Cc1cc(C(F)(F)F)nn1CCNC(=O)Nc1cccc(Cl)c1. The van der Waals surface area contributed by atoms with Crippen LogP contribution in [0.3, 0.4) is 0 Å². The number of urea groups is 1. The number of aromatic nitrogens is 2. The van der Waals surface area contributed by atoms with Crippen LogP contribution in [0.15, 0.2) is 30.3 Å². The predicted molar refractivity (Wildman–Crippen MR) is 80.4 cm³/mol. The van der Waals surface area contributed by atoms with E-state index in [2.05, 4.69) is 15.7 Å². The van der Waals surface area contributed by atoms with Crippen molar-refractivity contribution in [3.63, 3.8) is 0 Å². The Balaban J connectivity index is 1.85. The molecule has 0 unspecified atom stereocenters. The number of carbonyl (C=O) groups excluding carboxylic acids is 1. The molecular weight excluding hydrogens is 333 g/mol. The van der Waals surface area contributed by atoms with Crippen LogP contribution in [0.5, 0.6) is 0 Å². The van der Waals surface area contributed by atoms with E-state index in [1.54, 1.807) is 24.3 Å². The molecule has 0 bridgehead atoms. The summed E-state index contributed by atoms with van der Waals surface area (Å²) >= 11 is 5.79. The van der Waals surface area contributed by atoms with E-state index in [9.17, 15) is 18.0 Å². The maximum Gasteiger partial charge on any atom is 0.435 e. The number of hydrogen-bond acceptors (Lipinski definition) is 2. The van der Waals surface area contributed by atoms with Crippen molar-refractivity contribution in [1.29, 1.82) is 0 Å². The second kappa shape index (κ2) is 6.91. The molecule has 0 aliphatic carbocycles. The lowest BCUT2D eigenvalue weighted by atomic mass is 10.3. The van der Waals surface area contributed by atoms with Gasteiger partial charge in [0.15, 0.2) is 5.69 Å². The number of amides is 2. The zero-order valence-electron chi connectivity index (χ0n) is 12.1. The van der Waals surface area contributed by atoms with E-state index in [1.807, 2.05) is 0 Å². The molecule has 23 heavy (non-hydrogen) atoms. The van der Waals surface area contributed by atoms with Gasteiger partial charge in [-0.1, -0.05) is 17.7 Å². The van der Waals surface area contributed by atoms with Gasteiger partial charge in [0.25, 0.3) is 0 Å². The van der Waals surface area contributed by atoms with E-state index in [1.165, 1.54) is 11.6 Å². The molecule has 1 aromatic heterocycles. The first kappa shape index (κ1) is 17.1. The van der Waals surface area contributed by atoms with E-state index < -0.39 is 17.9 Å². The second-order valence-electron chi connectivity index (χ2n) is 4.78. The highest BCUT2D eigenvalue weighted by atomic mass is 35.5. The highest BCUT2D eigenvalue weighted by Crippen LogP contribution is 2.28. The molecule has 0 radical (unpaired) electrons. The lowest BCUT2D eigenvalue weighted by molar-refractivity contribution is -0.141. The van der Waals surface area contributed by atoms with E-state index in [-0.39, 0.29) is 13.1 Å². The van der Waals surface area contributed by atoms with Gasteiger partial charge in [-0.25, -0.2) is 4.79 Å². The average molecular weight is 347 g/mol. The van der Waals surface area contributed by atoms with Crippen molar-refractivity contribution in [2.45, 2.75) is 19.6 Å². The first-order chi connectivity index (χ1) is 10.8. The van der Waals surface area contributed by atoms with Gasteiger partial charge in [-0.05, 0) is 31.2 Å². The molecule has 2 N–H and O–H groups in total. The molecule has 1 aromatic carbocycles. The third-order valence-electron chi connectivity index (χ3n) is 2.96.